The Morgan fingerprint density at radius 3 is 2.70 bits per heavy atom. The minimum absolute atomic E-state index is 0.346. The van der Waals surface area contributed by atoms with Gasteiger partial charge in [0, 0.05) is 13.0 Å². The summed E-state index contributed by atoms with van der Waals surface area (Å²) in [6, 6.07) is 9.06. The van der Waals surface area contributed by atoms with Gasteiger partial charge in [0.2, 0.25) is 0 Å². The summed E-state index contributed by atoms with van der Waals surface area (Å²) in [5.41, 5.74) is 1.05. The SMILES string of the molecule is O=C(O)C(CC1(S)C=CC=CN1)NCc1ccccc1. The summed E-state index contributed by atoms with van der Waals surface area (Å²) < 4.78 is 0. The number of carboxylic acid groups (broad SMARTS) is 1. The maximum absolute atomic E-state index is 11.4. The van der Waals surface area contributed by atoms with Gasteiger partial charge in [-0.25, -0.2) is 0 Å². The van der Waals surface area contributed by atoms with Gasteiger partial charge in [-0.15, -0.1) is 12.6 Å². The van der Waals surface area contributed by atoms with Crippen molar-refractivity contribution in [2.45, 2.75) is 23.9 Å². The highest BCUT2D eigenvalue weighted by Crippen LogP contribution is 2.22. The lowest BCUT2D eigenvalue weighted by molar-refractivity contribution is -0.139. The van der Waals surface area contributed by atoms with Crippen molar-refractivity contribution in [3.8, 4) is 0 Å². The molecule has 4 nitrogen and oxygen atoms in total. The Hall–Kier alpha value is -1.72. The zero-order chi connectivity index (χ0) is 14.4. The standard InChI is InChI=1S/C15H18N2O2S/c18-14(19)13(10-15(20)8-4-5-9-17-15)16-11-12-6-2-1-3-7-12/h1-9,13,16-17,20H,10-11H2,(H,18,19). The van der Waals surface area contributed by atoms with Crippen LogP contribution in [0.2, 0.25) is 0 Å². The largest absolute Gasteiger partial charge is 0.480 e. The summed E-state index contributed by atoms with van der Waals surface area (Å²) in [5.74, 6) is -0.876. The Morgan fingerprint density at radius 1 is 1.35 bits per heavy atom. The van der Waals surface area contributed by atoms with E-state index < -0.39 is 16.9 Å². The van der Waals surface area contributed by atoms with Crippen LogP contribution in [0.5, 0.6) is 0 Å². The molecule has 1 aliphatic heterocycles. The third-order valence-electron chi connectivity index (χ3n) is 3.12. The first-order chi connectivity index (χ1) is 9.59. The first-order valence-electron chi connectivity index (χ1n) is 6.44. The fraction of sp³-hybridized carbons (Fsp3) is 0.267. The number of hydrogen-bond acceptors (Lipinski definition) is 4. The third-order valence-corrected chi connectivity index (χ3v) is 3.58. The van der Waals surface area contributed by atoms with Crippen molar-refractivity contribution in [2.75, 3.05) is 0 Å². The topological polar surface area (TPSA) is 61.4 Å². The van der Waals surface area contributed by atoms with E-state index in [1.165, 1.54) is 0 Å². The van der Waals surface area contributed by atoms with Crippen LogP contribution in [0.4, 0.5) is 0 Å². The average Bonchev–Trinajstić information content (AvgIpc) is 2.45. The number of nitrogens with one attached hydrogen (secondary N) is 2. The van der Waals surface area contributed by atoms with Gasteiger partial charge in [0.15, 0.2) is 0 Å². The van der Waals surface area contributed by atoms with Crippen LogP contribution >= 0.6 is 12.6 Å². The van der Waals surface area contributed by atoms with Crippen molar-refractivity contribution in [1.82, 2.24) is 10.6 Å². The third kappa shape index (κ3) is 4.15. The summed E-state index contributed by atoms with van der Waals surface area (Å²) >= 11 is 4.51. The van der Waals surface area contributed by atoms with E-state index in [1.54, 1.807) is 6.20 Å². The molecule has 1 aromatic rings. The molecule has 0 saturated heterocycles. The van der Waals surface area contributed by atoms with Crippen LogP contribution in [0.1, 0.15) is 12.0 Å². The van der Waals surface area contributed by atoms with Gasteiger partial charge in [0.25, 0.3) is 0 Å². The lowest BCUT2D eigenvalue weighted by Crippen LogP contribution is -2.46. The number of thiol groups is 1. The van der Waals surface area contributed by atoms with Crippen molar-refractivity contribution in [1.29, 1.82) is 0 Å². The molecule has 20 heavy (non-hydrogen) atoms. The molecule has 0 bridgehead atoms. The molecular weight excluding hydrogens is 272 g/mol. The van der Waals surface area contributed by atoms with Crippen molar-refractivity contribution in [3.05, 3.63) is 60.3 Å². The van der Waals surface area contributed by atoms with Crippen LogP contribution in [0.3, 0.4) is 0 Å². The Labute approximate surface area is 124 Å². The fourth-order valence-corrected chi connectivity index (χ4v) is 2.38. The number of rotatable bonds is 6. The molecule has 0 amide bonds. The van der Waals surface area contributed by atoms with E-state index >= 15 is 0 Å². The summed E-state index contributed by atoms with van der Waals surface area (Å²) in [6.45, 7) is 0.515. The minimum Gasteiger partial charge on any atom is -0.480 e. The monoisotopic (exact) mass is 290 g/mol. The molecule has 1 aromatic carbocycles. The Morgan fingerprint density at radius 2 is 2.10 bits per heavy atom. The molecule has 0 saturated carbocycles. The van der Waals surface area contributed by atoms with E-state index in [9.17, 15) is 9.90 Å². The van der Waals surface area contributed by atoms with Gasteiger partial charge in [-0.1, -0.05) is 36.4 Å². The summed E-state index contributed by atoms with van der Waals surface area (Å²) in [7, 11) is 0. The molecule has 106 valence electrons. The second-order valence-electron chi connectivity index (χ2n) is 4.75. The predicted molar refractivity (Wildman–Crippen MR) is 82.5 cm³/mol. The van der Waals surface area contributed by atoms with Gasteiger partial charge in [-0.2, -0.15) is 0 Å². The van der Waals surface area contributed by atoms with Gasteiger partial charge < -0.3 is 15.7 Å². The molecule has 0 spiro atoms. The highest BCUT2D eigenvalue weighted by Gasteiger charge is 2.30. The highest BCUT2D eigenvalue weighted by atomic mass is 32.1. The summed E-state index contributed by atoms with van der Waals surface area (Å²) in [6.07, 6.45) is 7.68. The minimum atomic E-state index is -0.876. The first-order valence-corrected chi connectivity index (χ1v) is 6.88. The van der Waals surface area contributed by atoms with Gasteiger partial charge in [0.1, 0.15) is 10.9 Å². The zero-order valence-corrected chi connectivity index (χ0v) is 11.9. The second-order valence-corrected chi connectivity index (χ2v) is 5.55. The van der Waals surface area contributed by atoms with E-state index in [4.69, 9.17) is 0 Å². The second kappa shape index (κ2) is 6.63. The Kier molecular flexibility index (Phi) is 4.87. The molecule has 2 unspecified atom stereocenters. The number of allylic oxidation sites excluding steroid dienone is 2. The molecule has 2 rings (SSSR count). The van der Waals surface area contributed by atoms with E-state index in [0.29, 0.717) is 13.0 Å². The van der Waals surface area contributed by atoms with Crippen molar-refractivity contribution < 1.29 is 9.90 Å². The van der Waals surface area contributed by atoms with Crippen LogP contribution in [0, 0.1) is 0 Å². The molecule has 5 heteroatoms. The van der Waals surface area contributed by atoms with E-state index in [0.717, 1.165) is 5.56 Å². The summed E-state index contributed by atoms with van der Waals surface area (Å²) in [5, 5.41) is 15.5. The Balaban J connectivity index is 1.96. The van der Waals surface area contributed by atoms with Gasteiger partial charge in [0.05, 0.1) is 0 Å². The molecule has 1 aliphatic rings. The number of hydrogen-bond donors (Lipinski definition) is 4. The predicted octanol–water partition coefficient (Wildman–Crippen LogP) is 1.92. The van der Waals surface area contributed by atoms with Gasteiger partial charge in [-0.05, 0) is 23.9 Å². The van der Waals surface area contributed by atoms with E-state index in [1.807, 2.05) is 48.6 Å². The van der Waals surface area contributed by atoms with Gasteiger partial charge in [-0.3, -0.25) is 4.79 Å². The fourth-order valence-electron chi connectivity index (χ4n) is 2.03. The molecule has 0 radical (unpaired) electrons. The molecule has 3 N–H and O–H groups in total. The van der Waals surface area contributed by atoms with Crippen molar-refractivity contribution >= 4 is 18.6 Å². The maximum atomic E-state index is 11.4. The van der Waals surface area contributed by atoms with Crippen LogP contribution in [-0.2, 0) is 11.3 Å². The van der Waals surface area contributed by atoms with Crippen LogP contribution in [0.25, 0.3) is 0 Å². The molecule has 1 heterocycles. The molecule has 0 aromatic heterocycles. The van der Waals surface area contributed by atoms with E-state index in [-0.39, 0.29) is 0 Å². The Bertz CT molecular complexity index is 516. The molecular formula is C15H18N2O2S. The number of aliphatic carboxylic acids is 1. The number of dihydropyridines is 1. The lowest BCUT2D eigenvalue weighted by Gasteiger charge is -2.30. The molecule has 2 atom stereocenters. The smallest absolute Gasteiger partial charge is 0.320 e. The van der Waals surface area contributed by atoms with Crippen LogP contribution in [0.15, 0.2) is 54.8 Å². The van der Waals surface area contributed by atoms with Crippen LogP contribution < -0.4 is 10.6 Å². The van der Waals surface area contributed by atoms with Crippen molar-refractivity contribution in [3.63, 3.8) is 0 Å². The normalized spacial score (nSPS) is 22.2. The highest BCUT2D eigenvalue weighted by molar-refractivity contribution is 7.82. The van der Waals surface area contributed by atoms with Crippen molar-refractivity contribution in [2.24, 2.45) is 0 Å². The van der Waals surface area contributed by atoms with E-state index in [2.05, 4.69) is 23.3 Å². The maximum Gasteiger partial charge on any atom is 0.320 e. The average molecular weight is 290 g/mol. The quantitative estimate of drug-likeness (QED) is 0.605. The first kappa shape index (κ1) is 14.7. The van der Waals surface area contributed by atoms with Crippen LogP contribution in [-0.4, -0.2) is 22.0 Å². The lowest BCUT2D eigenvalue weighted by atomic mass is 10.0. The number of carboxylic acids is 1. The molecule has 0 fully saturated rings. The number of carbonyl (C=O) groups is 1. The summed E-state index contributed by atoms with van der Waals surface area (Å²) in [4.78, 5) is 10.7. The zero-order valence-electron chi connectivity index (χ0n) is 11.0. The molecule has 0 aliphatic carbocycles. The number of benzene rings is 1. The van der Waals surface area contributed by atoms with Gasteiger partial charge >= 0.3 is 5.97 Å².